The van der Waals surface area contributed by atoms with Crippen LogP contribution in [-0.4, -0.2) is 274 Å². The van der Waals surface area contributed by atoms with Crippen molar-refractivity contribution >= 4 is 76.0 Å². The van der Waals surface area contributed by atoms with Gasteiger partial charge in [0.25, 0.3) is 5.91 Å². The van der Waals surface area contributed by atoms with E-state index in [1.807, 2.05) is 79.1 Å². The van der Waals surface area contributed by atoms with Crippen LogP contribution in [0.3, 0.4) is 0 Å². The zero-order valence-electron chi connectivity index (χ0n) is 66.6. The molecule has 0 aliphatic carbocycles. The number of hydroxylamine groups is 2. The van der Waals surface area contributed by atoms with Gasteiger partial charge in [0.05, 0.1) is 36.7 Å². The summed E-state index contributed by atoms with van der Waals surface area (Å²) in [5, 5.41) is 12.3. The van der Waals surface area contributed by atoms with Crippen molar-refractivity contribution in [2.75, 3.05) is 81.7 Å². The molecule has 28 heteroatoms. The Morgan fingerprint density at radius 3 is 1.65 bits per heavy atom. The number of fused-ring (bicyclic) bond motifs is 2. The SMILES string of the molecule is CC[C@@H]1NC(=O)[C@@H]2[C@@H]([C@H](C)CCCCCn3cnc4ccccc43)ON2C(=O)[C@H](C(C)C)N(C)C(=O)[C@H](CC(C)C)N(C)C(=O)[C@H](CC(C)C)N(C)C(=O)[C@@H](C)NC(=O)[C@H](C)NC(=O)[C@H](CC(C)C)N(C)C(=O)[C@H](C(C)C)NC(=O)[C@H]([C@@H](C)OCCCCN2CCOCC2)N(C)C(=O)[C@@H](C)N(C)C1=O. The number of unbranched alkanes of at least 4 members (excludes halogenated alkanes) is 3. The number of nitrogens with one attached hydrogen (secondary N) is 4. The Hall–Kier alpha value is -7.30. The van der Waals surface area contributed by atoms with Crippen LogP contribution in [0, 0.1) is 35.5 Å². The monoisotopic (exact) mass is 1460 g/mol. The molecule has 28 nitrogen and oxygen atoms in total. The van der Waals surface area contributed by atoms with E-state index < -0.39 is 155 Å². The zero-order valence-corrected chi connectivity index (χ0v) is 66.6. The Kier molecular flexibility index (Phi) is 34.0. The number of nitrogens with zero attached hydrogens (tertiary/aromatic N) is 10. The van der Waals surface area contributed by atoms with E-state index in [1.165, 1.54) is 92.5 Å². The highest BCUT2D eigenvalue weighted by atomic mass is 16.7. The number of hydrogen-bond acceptors (Lipinski definition) is 16. The number of ether oxygens (including phenoxy) is 2. The van der Waals surface area contributed by atoms with E-state index in [1.54, 1.807) is 41.5 Å². The topological polar surface area (TPSA) is 307 Å². The molecule has 0 bridgehead atoms. The van der Waals surface area contributed by atoms with Crippen molar-refractivity contribution in [3.63, 3.8) is 0 Å². The molecule has 0 saturated carbocycles. The van der Waals surface area contributed by atoms with Crippen LogP contribution in [0.1, 0.15) is 175 Å². The minimum absolute atomic E-state index is 0.0458. The zero-order chi connectivity index (χ0) is 77.9. The molecule has 586 valence electrons. The third kappa shape index (κ3) is 22.9. The van der Waals surface area contributed by atoms with Gasteiger partial charge in [0.15, 0.2) is 6.04 Å². The van der Waals surface area contributed by atoms with Crippen LogP contribution in [-0.2, 0) is 73.6 Å². The summed E-state index contributed by atoms with van der Waals surface area (Å²) in [6.07, 6.45) is 4.90. The number of rotatable bonds is 23. The Balaban J connectivity index is 1.59. The second-order valence-electron chi connectivity index (χ2n) is 31.3. The van der Waals surface area contributed by atoms with Gasteiger partial charge in [-0.05, 0) is 133 Å². The number of morpholine rings is 1. The minimum Gasteiger partial charge on any atom is -0.379 e. The van der Waals surface area contributed by atoms with Crippen LogP contribution in [0.15, 0.2) is 30.6 Å². The van der Waals surface area contributed by atoms with E-state index in [4.69, 9.17) is 14.3 Å². The van der Waals surface area contributed by atoms with Crippen molar-refractivity contribution in [1.29, 1.82) is 0 Å². The summed E-state index contributed by atoms with van der Waals surface area (Å²) < 4.78 is 14.0. The van der Waals surface area contributed by atoms with Gasteiger partial charge in [0, 0.05) is 68.5 Å². The van der Waals surface area contributed by atoms with Crippen LogP contribution in [0.2, 0.25) is 0 Å². The van der Waals surface area contributed by atoms with E-state index in [0.717, 1.165) is 68.0 Å². The number of carbonyl (C=O) groups excluding carboxylic acids is 11. The highest BCUT2D eigenvalue weighted by Crippen LogP contribution is 2.35. The van der Waals surface area contributed by atoms with E-state index >= 15 is 28.8 Å². The smallest absolute Gasteiger partial charge is 0.270 e. The van der Waals surface area contributed by atoms with Crippen molar-refractivity contribution in [3.05, 3.63) is 30.6 Å². The lowest BCUT2D eigenvalue weighted by atomic mass is 9.88. The summed E-state index contributed by atoms with van der Waals surface area (Å²) in [6.45, 7) is 32.7. The number of aromatic nitrogens is 2. The van der Waals surface area contributed by atoms with Gasteiger partial charge in [-0.15, -0.1) is 0 Å². The molecule has 3 aliphatic rings. The van der Waals surface area contributed by atoms with Gasteiger partial charge >= 0.3 is 0 Å². The third-order valence-corrected chi connectivity index (χ3v) is 20.8. The van der Waals surface area contributed by atoms with Crippen molar-refractivity contribution in [2.45, 2.75) is 260 Å². The summed E-state index contributed by atoms with van der Waals surface area (Å²) in [5.41, 5.74) is 1.94. The molecular formula is C76H128N14O14. The van der Waals surface area contributed by atoms with Crippen molar-refractivity contribution in [3.8, 4) is 0 Å². The molecule has 3 aliphatic heterocycles. The first-order chi connectivity index (χ1) is 48.9. The third-order valence-electron chi connectivity index (χ3n) is 20.8. The number of likely N-dealkylation sites (N-methyl/N-ethyl adjacent to an activating group) is 6. The molecular weight excluding hydrogens is 1330 g/mol. The average Bonchev–Trinajstić information content (AvgIpc) is 0.858. The molecule has 0 radical (unpaired) electrons. The number of carbonyl (C=O) groups is 11. The summed E-state index contributed by atoms with van der Waals surface area (Å²) in [7, 11) is 8.71. The lowest BCUT2D eigenvalue weighted by Gasteiger charge is -2.50. The predicted octanol–water partition coefficient (Wildman–Crippen LogP) is 5.10. The maximum atomic E-state index is 15.5. The second kappa shape index (κ2) is 40.4. The van der Waals surface area contributed by atoms with Crippen molar-refractivity contribution in [1.82, 2.24) is 70.2 Å². The van der Waals surface area contributed by atoms with Crippen LogP contribution in [0.5, 0.6) is 0 Å². The fourth-order valence-electron chi connectivity index (χ4n) is 14.2. The van der Waals surface area contributed by atoms with E-state index in [2.05, 4.69) is 35.7 Å². The quantitative estimate of drug-likeness (QED) is 0.105. The lowest BCUT2D eigenvalue weighted by molar-refractivity contribution is -0.322. The fourth-order valence-corrected chi connectivity index (χ4v) is 14.2. The Bertz CT molecular complexity index is 3210. The summed E-state index contributed by atoms with van der Waals surface area (Å²) in [6, 6.07) is -5.74. The highest BCUT2D eigenvalue weighted by Gasteiger charge is 2.55. The molecule has 2 aromatic rings. The highest BCUT2D eigenvalue weighted by molar-refractivity contribution is 6.00. The van der Waals surface area contributed by atoms with E-state index in [0.29, 0.717) is 26.1 Å². The summed E-state index contributed by atoms with van der Waals surface area (Å²) >= 11 is 0. The number of aryl methyl sites for hydroxylation is 1. The first-order valence-electron chi connectivity index (χ1n) is 38.0. The predicted molar refractivity (Wildman–Crippen MR) is 397 cm³/mol. The molecule has 0 spiro atoms. The van der Waals surface area contributed by atoms with E-state index in [9.17, 15) is 24.0 Å². The number of hydrogen-bond donors (Lipinski definition) is 4. The Morgan fingerprint density at radius 2 is 1.07 bits per heavy atom. The maximum absolute atomic E-state index is 15.5. The molecule has 3 saturated heterocycles. The van der Waals surface area contributed by atoms with Gasteiger partial charge in [-0.25, -0.2) is 10.0 Å². The number of imidazole rings is 1. The molecule has 14 atom stereocenters. The number of amides is 11. The number of benzene rings is 1. The van der Waals surface area contributed by atoms with Gasteiger partial charge in [-0.2, -0.15) is 0 Å². The van der Waals surface area contributed by atoms with Crippen LogP contribution in [0.25, 0.3) is 11.0 Å². The molecule has 4 heterocycles. The van der Waals surface area contributed by atoms with Gasteiger partial charge in [0.1, 0.15) is 66.5 Å². The number of para-hydroxylation sites is 2. The maximum Gasteiger partial charge on any atom is 0.270 e. The first kappa shape index (κ1) is 87.3. The Labute approximate surface area is 618 Å². The molecule has 104 heavy (non-hydrogen) atoms. The lowest BCUT2D eigenvalue weighted by Crippen LogP contribution is -2.72. The Morgan fingerprint density at radius 1 is 0.519 bits per heavy atom. The minimum atomic E-state index is -1.39. The largest absolute Gasteiger partial charge is 0.379 e. The molecule has 1 aromatic carbocycles. The molecule has 4 N–H and O–H groups in total. The molecule has 5 rings (SSSR count). The van der Waals surface area contributed by atoms with Gasteiger partial charge in [-0.1, -0.05) is 108 Å². The van der Waals surface area contributed by atoms with Gasteiger partial charge in [0.2, 0.25) is 59.1 Å². The summed E-state index contributed by atoms with van der Waals surface area (Å²) in [4.78, 5) is 185. The molecule has 3 fully saturated rings. The molecule has 1 aromatic heterocycles. The van der Waals surface area contributed by atoms with Crippen molar-refractivity contribution < 1.29 is 67.1 Å². The van der Waals surface area contributed by atoms with E-state index in [-0.39, 0.29) is 56.0 Å². The first-order valence-corrected chi connectivity index (χ1v) is 38.0. The average molecular weight is 1460 g/mol. The molecule has 0 unspecified atom stereocenters. The van der Waals surface area contributed by atoms with Gasteiger partial charge < -0.3 is 64.7 Å². The normalized spacial score (nSPS) is 27.0. The van der Waals surface area contributed by atoms with Crippen LogP contribution in [0.4, 0.5) is 0 Å². The van der Waals surface area contributed by atoms with Crippen molar-refractivity contribution in [2.24, 2.45) is 35.5 Å². The van der Waals surface area contributed by atoms with Crippen LogP contribution >= 0.6 is 0 Å². The molecule has 11 amide bonds. The second-order valence-corrected chi connectivity index (χ2v) is 31.3. The van der Waals surface area contributed by atoms with Crippen LogP contribution < -0.4 is 21.3 Å². The summed E-state index contributed by atoms with van der Waals surface area (Å²) in [5.74, 6) is -9.29. The standard InChI is InChI=1S/C76H128N14O14/c1-23-55-72(97)82(17)53(15)71(96)87(22)63(54(16)103-38-30-29-34-88-36-39-102-40-37-88)68(93)81-61(48(8)9)75(100)83(18)58(41-45(2)3)67(92)78-51(13)66(91)79-52(14)70(95)84(19)59(42-46(4)5)73(98)85(20)60(43-47(6)7)74(99)86(21)62(49(10)11)76(101)90-64(69(94)80-55)65(104-90)50(12)31-25-24-28-35-89-44-77-56-32-26-27-33-57(56)89/h26-27,32-33,44-55,58-65H,23-25,28-31,34-43H2,1-22H3,(H,78,92)(H,79,91)(H,80,94)(H,81,93)/t50-,51+,52-,53-,54-,55+,58+,59+,60+,61+,62+,63+,64+,65-/m1/s1. The fraction of sp³-hybridized carbons (Fsp3) is 0.763. The van der Waals surface area contributed by atoms with Gasteiger partial charge in [-0.3, -0.25) is 62.5 Å².